The fraction of sp³-hybridized carbons (Fsp3) is 0.519. The lowest BCUT2D eigenvalue weighted by atomic mass is 9.76. The molecule has 0 aliphatic carbocycles. The summed E-state index contributed by atoms with van der Waals surface area (Å²) in [5, 5.41) is 13.4. The van der Waals surface area contributed by atoms with E-state index in [0.717, 1.165) is 25.6 Å². The van der Waals surface area contributed by atoms with Gasteiger partial charge in [0.2, 0.25) is 0 Å². The Morgan fingerprint density at radius 1 is 0.919 bits per heavy atom. The summed E-state index contributed by atoms with van der Waals surface area (Å²) in [6.07, 6.45) is 0.538. The van der Waals surface area contributed by atoms with E-state index in [1.54, 1.807) is 0 Å². The number of phenols is 1. The van der Waals surface area contributed by atoms with Crippen LogP contribution in [0.4, 0.5) is 0 Å². The molecule has 5 nitrogen and oxygen atoms in total. The highest BCUT2D eigenvalue weighted by Gasteiger charge is 2.44. The maximum Gasteiger partial charge on any atom is 0.322 e. The highest BCUT2D eigenvalue weighted by atomic mass is 127. The summed E-state index contributed by atoms with van der Waals surface area (Å²) in [6.45, 7) is 16.1. The van der Waals surface area contributed by atoms with Crippen LogP contribution >= 0.6 is 90.4 Å². The van der Waals surface area contributed by atoms with E-state index in [-0.39, 0.29) is 26.5 Å². The Labute approximate surface area is 278 Å². The molecule has 0 aliphatic rings. The average Bonchev–Trinajstić information content (AvgIpc) is 2.79. The fourth-order valence-corrected chi connectivity index (χ4v) is 9.79. The van der Waals surface area contributed by atoms with Crippen molar-refractivity contribution in [1.29, 1.82) is 0 Å². The van der Waals surface area contributed by atoms with Crippen molar-refractivity contribution in [3.63, 3.8) is 0 Å². The van der Waals surface area contributed by atoms with Gasteiger partial charge in [0.05, 0.1) is 14.3 Å². The number of rotatable bonds is 12. The highest BCUT2D eigenvalue weighted by Crippen LogP contribution is 2.49. The molecule has 0 spiro atoms. The number of aromatic hydroxyl groups is 1. The molecule has 0 aliphatic heterocycles. The predicted octanol–water partition coefficient (Wildman–Crippen LogP) is 8.41. The molecule has 2 aromatic carbocycles. The van der Waals surface area contributed by atoms with Crippen LogP contribution in [0.2, 0.25) is 5.04 Å². The zero-order valence-corrected chi connectivity index (χ0v) is 31.8. The molecule has 0 fully saturated rings. The number of carbonyl (C=O) groups is 1. The number of hydrogen-bond acceptors (Lipinski definition) is 5. The zero-order valence-electron chi connectivity index (χ0n) is 22.2. The van der Waals surface area contributed by atoms with Crippen LogP contribution in [0, 0.1) is 32.0 Å². The first-order valence-electron chi connectivity index (χ1n) is 12.3. The summed E-state index contributed by atoms with van der Waals surface area (Å²) < 4.78 is 15.7. The van der Waals surface area contributed by atoms with Crippen molar-refractivity contribution in [1.82, 2.24) is 5.32 Å². The lowest BCUT2D eigenvalue weighted by molar-refractivity contribution is -0.137. The van der Waals surface area contributed by atoms with E-state index in [0.29, 0.717) is 36.5 Å². The number of carbonyl (C=O) groups excluding carboxylic acids is 1. The molecule has 0 aromatic heterocycles. The predicted molar refractivity (Wildman–Crippen MR) is 186 cm³/mol. The van der Waals surface area contributed by atoms with Crippen molar-refractivity contribution < 1.29 is 19.1 Å². The Bertz CT molecular complexity index is 1030. The molecular weight excluding hydrogens is 938 g/mol. The average molecular weight is 973 g/mol. The summed E-state index contributed by atoms with van der Waals surface area (Å²) in [5.74, 6) is 2.75. The number of phenolic OH excluding ortho intramolecular Hbond substituents is 1. The second-order valence-corrected chi connectivity index (χ2v) is 15.9. The number of nitrogens with one attached hydrogen (secondary N) is 1. The van der Waals surface area contributed by atoms with E-state index in [4.69, 9.17) is 9.16 Å². The number of benzene rings is 2. The summed E-state index contributed by atoms with van der Waals surface area (Å²) in [4.78, 5) is 13.3. The van der Waals surface area contributed by atoms with E-state index < -0.39 is 6.04 Å². The van der Waals surface area contributed by atoms with Gasteiger partial charge in [0, 0.05) is 5.04 Å². The van der Waals surface area contributed by atoms with Gasteiger partial charge in [0.1, 0.15) is 17.5 Å². The molecule has 1 unspecified atom stereocenters. The van der Waals surface area contributed by atoms with Crippen molar-refractivity contribution in [2.45, 2.75) is 66.0 Å². The first-order valence-corrected chi connectivity index (χ1v) is 17.5. The van der Waals surface area contributed by atoms with Crippen LogP contribution in [0.1, 0.15) is 54.0 Å². The summed E-state index contributed by atoms with van der Waals surface area (Å²) in [5.41, 5.74) is 1.05. The molecule has 0 amide bonds. The Morgan fingerprint density at radius 3 is 1.84 bits per heavy atom. The van der Waals surface area contributed by atoms with Crippen molar-refractivity contribution in [3.05, 3.63) is 44.1 Å². The molecule has 0 saturated carbocycles. The van der Waals surface area contributed by atoms with Gasteiger partial charge in [-0.15, -0.1) is 0 Å². The standard InChI is InChI=1S/C27H35I4NO4Si/c1-8-32-23(26(34)36-37-27(14(2)3,15(4)5)16(6)7)11-17-9-21(30)25(22(31)10-17)35-18-12-19(28)24(33)20(29)13-18/h9-10,12-16,23,32-33H,8,11H2,1-7H3. The lowest BCUT2D eigenvalue weighted by Crippen LogP contribution is -2.44. The number of hydrogen-bond donors (Lipinski definition) is 2. The molecule has 204 valence electrons. The molecule has 1 atom stereocenters. The van der Waals surface area contributed by atoms with Crippen molar-refractivity contribution >= 4 is 106 Å². The number of halogens is 4. The van der Waals surface area contributed by atoms with Gasteiger partial charge in [-0.25, -0.2) is 0 Å². The van der Waals surface area contributed by atoms with Gasteiger partial charge in [-0.1, -0.05) is 48.5 Å². The minimum Gasteiger partial charge on any atom is -0.515 e. The molecule has 10 heteroatoms. The SMILES string of the molecule is CCNC(Cc1cc(I)c(Oc2cc(I)c(O)c(I)c2)c(I)c1)C(=O)O[Si]C(C(C)C)(C(C)C)C(C)C. The van der Waals surface area contributed by atoms with Crippen LogP contribution < -0.4 is 10.1 Å². The molecule has 2 radical (unpaired) electrons. The van der Waals surface area contributed by atoms with E-state index in [1.807, 2.05) is 19.1 Å². The summed E-state index contributed by atoms with van der Waals surface area (Å²) in [7, 11) is 0.115. The molecule has 0 heterocycles. The van der Waals surface area contributed by atoms with Gasteiger partial charge in [-0.3, -0.25) is 4.79 Å². The van der Waals surface area contributed by atoms with Crippen molar-refractivity contribution in [2.75, 3.05) is 6.54 Å². The number of likely N-dealkylation sites (N-methyl/N-ethyl adjacent to an activating group) is 1. The van der Waals surface area contributed by atoms with E-state index in [1.165, 1.54) is 0 Å². The van der Waals surface area contributed by atoms with Gasteiger partial charge in [0.15, 0.2) is 5.75 Å². The Balaban J connectivity index is 2.23. The van der Waals surface area contributed by atoms with Gasteiger partial charge in [-0.05, 0) is 151 Å². The third kappa shape index (κ3) is 8.55. The van der Waals surface area contributed by atoms with Crippen LogP contribution in [-0.2, 0) is 15.6 Å². The first-order chi connectivity index (χ1) is 17.2. The largest absolute Gasteiger partial charge is 0.515 e. The molecule has 2 N–H and O–H groups in total. The third-order valence-electron chi connectivity index (χ3n) is 6.64. The Kier molecular flexibility index (Phi) is 13.7. The van der Waals surface area contributed by atoms with Crippen LogP contribution in [0.3, 0.4) is 0 Å². The first kappa shape index (κ1) is 33.8. The minimum absolute atomic E-state index is 0.0416. The third-order valence-corrected chi connectivity index (χ3v) is 12.3. The molecule has 2 rings (SSSR count). The zero-order chi connectivity index (χ0) is 28.1. The molecule has 2 aromatic rings. The maximum atomic E-state index is 13.3. The summed E-state index contributed by atoms with van der Waals surface area (Å²) in [6, 6.07) is 7.35. The van der Waals surface area contributed by atoms with Gasteiger partial charge < -0.3 is 19.6 Å². The Hall–Kier alpha value is 0.607. The molecule has 37 heavy (non-hydrogen) atoms. The van der Waals surface area contributed by atoms with E-state index in [9.17, 15) is 9.90 Å². The second-order valence-electron chi connectivity index (χ2n) is 9.96. The van der Waals surface area contributed by atoms with Gasteiger partial charge in [0.25, 0.3) is 0 Å². The molecule has 0 saturated heterocycles. The number of ether oxygens (including phenoxy) is 1. The van der Waals surface area contributed by atoms with E-state index >= 15 is 0 Å². The van der Waals surface area contributed by atoms with Crippen LogP contribution in [0.5, 0.6) is 17.2 Å². The highest BCUT2D eigenvalue weighted by molar-refractivity contribution is 14.1. The maximum absolute atomic E-state index is 13.3. The van der Waals surface area contributed by atoms with Crippen molar-refractivity contribution in [2.24, 2.45) is 17.8 Å². The van der Waals surface area contributed by atoms with Crippen LogP contribution in [0.25, 0.3) is 0 Å². The molecule has 0 bridgehead atoms. The van der Waals surface area contributed by atoms with Gasteiger partial charge in [-0.2, -0.15) is 0 Å². The fourth-order valence-electron chi connectivity index (χ4n) is 4.83. The minimum atomic E-state index is -0.416. The van der Waals surface area contributed by atoms with Crippen LogP contribution in [0.15, 0.2) is 24.3 Å². The second kappa shape index (κ2) is 15.0. The monoisotopic (exact) mass is 973 g/mol. The normalized spacial score (nSPS) is 12.9. The van der Waals surface area contributed by atoms with Crippen molar-refractivity contribution in [3.8, 4) is 17.2 Å². The lowest BCUT2D eigenvalue weighted by Gasteiger charge is -2.43. The Morgan fingerprint density at radius 2 is 1.41 bits per heavy atom. The smallest absolute Gasteiger partial charge is 0.322 e. The summed E-state index contributed by atoms with van der Waals surface area (Å²) >= 11 is 8.76. The topological polar surface area (TPSA) is 67.8 Å². The van der Waals surface area contributed by atoms with E-state index in [2.05, 4.69) is 149 Å². The van der Waals surface area contributed by atoms with Gasteiger partial charge >= 0.3 is 15.7 Å². The van der Waals surface area contributed by atoms with Crippen LogP contribution in [-0.4, -0.2) is 33.4 Å². The molecular formula is C27H35I4NO4Si. The quantitative estimate of drug-likeness (QED) is 0.165.